The van der Waals surface area contributed by atoms with Crippen molar-refractivity contribution in [1.29, 1.82) is 0 Å². The van der Waals surface area contributed by atoms with Gasteiger partial charge in [-0.05, 0) is 48.8 Å². The topological polar surface area (TPSA) is 47.5 Å². The molecule has 1 heterocycles. The molecule has 2 rings (SSSR count). The lowest BCUT2D eigenvalue weighted by atomic mass is 10.2. The van der Waals surface area contributed by atoms with Gasteiger partial charge in [-0.1, -0.05) is 0 Å². The van der Waals surface area contributed by atoms with E-state index < -0.39 is 0 Å². The zero-order valence-corrected chi connectivity index (χ0v) is 15.1. The van der Waals surface area contributed by atoms with E-state index in [0.29, 0.717) is 11.7 Å². The maximum absolute atomic E-state index is 5.51. The Kier molecular flexibility index (Phi) is 5.24. The fourth-order valence-corrected chi connectivity index (χ4v) is 2.80. The van der Waals surface area contributed by atoms with Crippen molar-refractivity contribution in [1.82, 2.24) is 9.97 Å². The monoisotopic (exact) mass is 365 g/mol. The molecule has 0 amide bonds. The van der Waals surface area contributed by atoms with Crippen LogP contribution in [0, 0.1) is 13.8 Å². The number of methoxy groups -OCH3 is 2. The number of ether oxygens (including phenoxy) is 2. The van der Waals surface area contributed by atoms with Gasteiger partial charge in [0.1, 0.15) is 11.5 Å². The average Bonchev–Trinajstić information content (AvgIpc) is 2.47. The van der Waals surface area contributed by atoms with E-state index in [2.05, 4.69) is 32.8 Å². The molecular formula is C16H20BrN3O2. The highest BCUT2D eigenvalue weighted by molar-refractivity contribution is 9.10. The second kappa shape index (κ2) is 6.96. The van der Waals surface area contributed by atoms with Crippen LogP contribution >= 0.6 is 15.9 Å². The second-order valence-electron chi connectivity index (χ2n) is 4.85. The van der Waals surface area contributed by atoms with Gasteiger partial charge in [-0.25, -0.2) is 9.97 Å². The van der Waals surface area contributed by atoms with Crippen molar-refractivity contribution in [2.24, 2.45) is 0 Å². The first-order valence-electron chi connectivity index (χ1n) is 7.01. The van der Waals surface area contributed by atoms with Crippen molar-refractivity contribution in [3.8, 4) is 11.5 Å². The first-order chi connectivity index (χ1) is 10.5. The number of anilines is 2. The SMILES string of the molecule is CCN(c1nc(C)cc(C)n1)c1cc(Br)c(OC)cc1OC. The largest absolute Gasteiger partial charge is 0.495 e. The second-order valence-corrected chi connectivity index (χ2v) is 5.71. The van der Waals surface area contributed by atoms with Crippen LogP contribution in [0.5, 0.6) is 11.5 Å². The van der Waals surface area contributed by atoms with Gasteiger partial charge in [0.05, 0.1) is 24.4 Å². The van der Waals surface area contributed by atoms with Gasteiger partial charge >= 0.3 is 0 Å². The minimum atomic E-state index is 0.662. The fraction of sp³-hybridized carbons (Fsp3) is 0.375. The van der Waals surface area contributed by atoms with Gasteiger partial charge in [0.2, 0.25) is 5.95 Å². The van der Waals surface area contributed by atoms with Gasteiger partial charge in [0, 0.05) is 24.0 Å². The third-order valence-corrected chi connectivity index (χ3v) is 3.89. The maximum Gasteiger partial charge on any atom is 0.230 e. The van der Waals surface area contributed by atoms with Gasteiger partial charge in [-0.2, -0.15) is 0 Å². The van der Waals surface area contributed by atoms with Gasteiger partial charge in [0.15, 0.2) is 0 Å². The Bertz CT molecular complexity index is 656. The predicted octanol–water partition coefficient (Wildman–Crippen LogP) is 4.03. The van der Waals surface area contributed by atoms with Crippen LogP contribution < -0.4 is 14.4 Å². The molecule has 5 nitrogen and oxygen atoms in total. The molecule has 118 valence electrons. The summed E-state index contributed by atoms with van der Waals surface area (Å²) in [5.74, 6) is 2.10. The summed E-state index contributed by atoms with van der Waals surface area (Å²) in [6, 6.07) is 5.77. The normalized spacial score (nSPS) is 10.5. The molecule has 0 saturated heterocycles. The van der Waals surface area contributed by atoms with E-state index in [0.717, 1.165) is 33.8 Å². The molecule has 1 aromatic carbocycles. The molecule has 0 aliphatic carbocycles. The molecule has 2 aromatic rings. The summed E-state index contributed by atoms with van der Waals surface area (Å²) in [4.78, 5) is 11.1. The minimum Gasteiger partial charge on any atom is -0.495 e. The fourth-order valence-electron chi connectivity index (χ4n) is 2.30. The van der Waals surface area contributed by atoms with Crippen molar-refractivity contribution in [3.05, 3.63) is 34.1 Å². The quantitative estimate of drug-likeness (QED) is 0.800. The van der Waals surface area contributed by atoms with E-state index >= 15 is 0 Å². The number of rotatable bonds is 5. The zero-order valence-electron chi connectivity index (χ0n) is 13.5. The van der Waals surface area contributed by atoms with Crippen LogP contribution in [-0.4, -0.2) is 30.7 Å². The van der Waals surface area contributed by atoms with E-state index in [1.807, 2.05) is 36.9 Å². The Labute approximate surface area is 139 Å². The highest BCUT2D eigenvalue weighted by atomic mass is 79.9. The smallest absolute Gasteiger partial charge is 0.230 e. The Morgan fingerprint density at radius 3 is 2.09 bits per heavy atom. The van der Waals surface area contributed by atoms with Gasteiger partial charge in [-0.15, -0.1) is 0 Å². The van der Waals surface area contributed by atoms with Crippen molar-refractivity contribution >= 4 is 27.6 Å². The van der Waals surface area contributed by atoms with Crippen molar-refractivity contribution in [2.75, 3.05) is 25.7 Å². The summed E-state index contributed by atoms with van der Waals surface area (Å²) < 4.78 is 11.7. The van der Waals surface area contributed by atoms with Crippen molar-refractivity contribution in [3.63, 3.8) is 0 Å². The standard InChI is InChI=1S/C16H20BrN3O2/c1-6-20(16-18-10(2)7-11(3)19-16)13-8-12(17)14(21-4)9-15(13)22-5/h7-9H,6H2,1-5H3. The molecule has 0 atom stereocenters. The van der Waals surface area contributed by atoms with Crippen LogP contribution in [-0.2, 0) is 0 Å². The Balaban J connectivity index is 2.57. The van der Waals surface area contributed by atoms with Crippen LogP contribution in [0.3, 0.4) is 0 Å². The van der Waals surface area contributed by atoms with E-state index in [4.69, 9.17) is 9.47 Å². The van der Waals surface area contributed by atoms with Crippen LogP contribution in [0.4, 0.5) is 11.6 Å². The number of hydrogen-bond donors (Lipinski definition) is 0. The van der Waals surface area contributed by atoms with Gasteiger partial charge in [0.25, 0.3) is 0 Å². The summed E-state index contributed by atoms with van der Waals surface area (Å²) >= 11 is 3.52. The molecule has 1 aromatic heterocycles. The van der Waals surface area contributed by atoms with E-state index in [-0.39, 0.29) is 0 Å². The first kappa shape index (κ1) is 16.5. The van der Waals surface area contributed by atoms with Crippen molar-refractivity contribution < 1.29 is 9.47 Å². The third-order valence-electron chi connectivity index (χ3n) is 3.27. The number of benzene rings is 1. The highest BCUT2D eigenvalue weighted by Gasteiger charge is 2.18. The molecule has 0 N–H and O–H groups in total. The third kappa shape index (κ3) is 3.32. The Morgan fingerprint density at radius 2 is 1.59 bits per heavy atom. The molecule has 22 heavy (non-hydrogen) atoms. The Morgan fingerprint density at radius 1 is 1.00 bits per heavy atom. The van der Waals surface area contributed by atoms with Gasteiger partial charge in [-0.3, -0.25) is 0 Å². The lowest BCUT2D eigenvalue weighted by Gasteiger charge is -2.24. The molecule has 0 fully saturated rings. The molecule has 0 spiro atoms. The van der Waals surface area contributed by atoms with Crippen LogP contribution in [0.1, 0.15) is 18.3 Å². The van der Waals surface area contributed by atoms with Crippen LogP contribution in [0.25, 0.3) is 0 Å². The summed E-state index contributed by atoms with van der Waals surface area (Å²) in [6.07, 6.45) is 0. The molecular weight excluding hydrogens is 346 g/mol. The van der Waals surface area contributed by atoms with Crippen LogP contribution in [0.15, 0.2) is 22.7 Å². The highest BCUT2D eigenvalue weighted by Crippen LogP contribution is 2.40. The molecule has 6 heteroatoms. The number of aromatic nitrogens is 2. The summed E-state index contributed by atoms with van der Waals surface area (Å²) in [5, 5.41) is 0. The minimum absolute atomic E-state index is 0.662. The molecule has 0 saturated carbocycles. The van der Waals surface area contributed by atoms with Crippen molar-refractivity contribution in [2.45, 2.75) is 20.8 Å². The number of nitrogens with zero attached hydrogens (tertiary/aromatic N) is 3. The summed E-state index contributed by atoms with van der Waals surface area (Å²) in [5.41, 5.74) is 2.77. The van der Waals surface area contributed by atoms with E-state index in [1.54, 1.807) is 14.2 Å². The lowest BCUT2D eigenvalue weighted by molar-refractivity contribution is 0.393. The zero-order chi connectivity index (χ0) is 16.3. The first-order valence-corrected chi connectivity index (χ1v) is 7.80. The predicted molar refractivity (Wildman–Crippen MR) is 91.4 cm³/mol. The molecule has 0 bridgehead atoms. The average molecular weight is 366 g/mol. The van der Waals surface area contributed by atoms with Gasteiger partial charge < -0.3 is 14.4 Å². The van der Waals surface area contributed by atoms with E-state index in [9.17, 15) is 0 Å². The van der Waals surface area contributed by atoms with Crippen LogP contribution in [0.2, 0.25) is 0 Å². The Hall–Kier alpha value is -1.82. The van der Waals surface area contributed by atoms with E-state index in [1.165, 1.54) is 0 Å². The number of halogens is 1. The number of aryl methyl sites for hydroxylation is 2. The maximum atomic E-state index is 5.51. The molecule has 0 aliphatic rings. The number of hydrogen-bond acceptors (Lipinski definition) is 5. The molecule has 0 radical (unpaired) electrons. The lowest BCUT2D eigenvalue weighted by Crippen LogP contribution is -2.20. The molecule has 0 aliphatic heterocycles. The summed E-state index contributed by atoms with van der Waals surface area (Å²) in [6.45, 7) is 6.71. The molecule has 0 unspecified atom stereocenters. The summed E-state index contributed by atoms with van der Waals surface area (Å²) in [7, 11) is 3.27.